The molecule has 2 aromatic heterocycles. The number of nitrogens with two attached hydrogens (primary N) is 1. The SMILES string of the molecule is CC(C)c1nc(C(=O)N[C@@H](Cc2ccc(F)c(F)c2)C(=O)CCc2ccc3c(N)nccc3c2)cs1. The summed E-state index contributed by atoms with van der Waals surface area (Å²) in [5, 5.41) is 6.98. The van der Waals surface area contributed by atoms with Gasteiger partial charge in [0.05, 0.1) is 11.0 Å². The molecule has 186 valence electrons. The second-order valence-corrected chi connectivity index (χ2v) is 9.81. The number of carbonyl (C=O) groups is 2. The number of nitrogens with zero attached hydrogens (tertiary/aromatic N) is 2. The highest BCUT2D eigenvalue weighted by Gasteiger charge is 2.24. The van der Waals surface area contributed by atoms with E-state index in [2.05, 4.69) is 15.3 Å². The predicted octanol–water partition coefficient (Wildman–Crippen LogP) is 5.22. The molecular weight excluding hydrogens is 482 g/mol. The number of rotatable bonds is 9. The fourth-order valence-corrected chi connectivity index (χ4v) is 4.70. The molecule has 0 radical (unpaired) electrons. The molecule has 0 saturated heterocycles. The predicted molar refractivity (Wildman–Crippen MR) is 137 cm³/mol. The Morgan fingerprint density at radius 1 is 1.06 bits per heavy atom. The van der Waals surface area contributed by atoms with Gasteiger partial charge in [-0.3, -0.25) is 9.59 Å². The Morgan fingerprint density at radius 3 is 2.56 bits per heavy atom. The molecule has 0 bridgehead atoms. The first-order valence-electron chi connectivity index (χ1n) is 11.6. The Bertz CT molecular complexity index is 1420. The van der Waals surface area contributed by atoms with Crippen molar-refractivity contribution in [1.29, 1.82) is 0 Å². The van der Waals surface area contributed by atoms with Gasteiger partial charge in [0.2, 0.25) is 0 Å². The van der Waals surface area contributed by atoms with E-state index in [1.165, 1.54) is 17.4 Å². The maximum atomic E-state index is 13.8. The van der Waals surface area contributed by atoms with Crippen LogP contribution < -0.4 is 11.1 Å². The number of nitrogen functional groups attached to an aromatic ring is 1. The van der Waals surface area contributed by atoms with Crippen LogP contribution in [-0.2, 0) is 17.6 Å². The van der Waals surface area contributed by atoms with E-state index in [1.807, 2.05) is 38.1 Å². The summed E-state index contributed by atoms with van der Waals surface area (Å²) in [5.41, 5.74) is 7.48. The van der Waals surface area contributed by atoms with Crippen LogP contribution >= 0.6 is 11.3 Å². The van der Waals surface area contributed by atoms with Crippen LogP contribution in [0, 0.1) is 11.6 Å². The number of amides is 1. The lowest BCUT2D eigenvalue weighted by molar-refractivity contribution is -0.120. The molecule has 3 N–H and O–H groups in total. The maximum absolute atomic E-state index is 13.8. The van der Waals surface area contributed by atoms with Crippen molar-refractivity contribution in [3.05, 3.63) is 87.5 Å². The Balaban J connectivity index is 1.51. The second-order valence-electron chi connectivity index (χ2n) is 8.92. The van der Waals surface area contributed by atoms with E-state index in [1.54, 1.807) is 11.6 Å². The van der Waals surface area contributed by atoms with E-state index in [-0.39, 0.29) is 30.2 Å². The van der Waals surface area contributed by atoms with Crippen LogP contribution in [0.15, 0.2) is 54.0 Å². The van der Waals surface area contributed by atoms with Crippen LogP contribution in [0.2, 0.25) is 0 Å². The van der Waals surface area contributed by atoms with E-state index in [4.69, 9.17) is 5.73 Å². The number of nitrogens with one attached hydrogen (secondary N) is 1. The Labute approximate surface area is 211 Å². The third kappa shape index (κ3) is 5.91. The Morgan fingerprint density at radius 2 is 1.83 bits per heavy atom. The van der Waals surface area contributed by atoms with Gasteiger partial charge < -0.3 is 11.1 Å². The number of hydrogen-bond acceptors (Lipinski definition) is 6. The molecule has 0 aliphatic carbocycles. The van der Waals surface area contributed by atoms with Crippen LogP contribution in [-0.4, -0.2) is 27.7 Å². The van der Waals surface area contributed by atoms with Gasteiger partial charge in [0, 0.05) is 29.3 Å². The maximum Gasteiger partial charge on any atom is 0.271 e. The molecule has 0 fully saturated rings. The van der Waals surface area contributed by atoms with Gasteiger partial charge in [0.25, 0.3) is 5.91 Å². The number of aromatic nitrogens is 2. The molecule has 0 aliphatic heterocycles. The molecule has 2 aromatic carbocycles. The van der Waals surface area contributed by atoms with Crippen molar-refractivity contribution in [1.82, 2.24) is 15.3 Å². The third-order valence-electron chi connectivity index (χ3n) is 5.89. The number of benzene rings is 2. The summed E-state index contributed by atoms with van der Waals surface area (Å²) in [7, 11) is 0. The molecule has 36 heavy (non-hydrogen) atoms. The van der Waals surface area contributed by atoms with Crippen LogP contribution in [0.3, 0.4) is 0 Å². The van der Waals surface area contributed by atoms with E-state index >= 15 is 0 Å². The van der Waals surface area contributed by atoms with Gasteiger partial charge in [0.1, 0.15) is 11.5 Å². The molecule has 4 aromatic rings. The summed E-state index contributed by atoms with van der Waals surface area (Å²) in [6.07, 6.45) is 2.25. The number of hydrogen-bond donors (Lipinski definition) is 2. The van der Waals surface area contributed by atoms with Gasteiger partial charge in [-0.2, -0.15) is 0 Å². The molecule has 2 heterocycles. The Kier molecular flexibility index (Phi) is 7.69. The minimum absolute atomic E-state index is 0.0306. The molecule has 1 atom stereocenters. The second kappa shape index (κ2) is 10.9. The van der Waals surface area contributed by atoms with Gasteiger partial charge in [0.15, 0.2) is 17.4 Å². The number of Topliss-reactive ketones (excluding diaryl/α,β-unsaturated/α-hetero) is 1. The molecule has 0 aliphatic rings. The fourth-order valence-electron chi connectivity index (χ4n) is 3.88. The molecule has 4 rings (SSSR count). The topological polar surface area (TPSA) is 98.0 Å². The van der Waals surface area contributed by atoms with Crippen LogP contribution in [0.1, 0.15) is 52.8 Å². The molecular formula is C27H26F2N4O2S. The van der Waals surface area contributed by atoms with Crippen molar-refractivity contribution in [2.24, 2.45) is 0 Å². The number of thiazole rings is 1. The number of anilines is 1. The summed E-state index contributed by atoms with van der Waals surface area (Å²) < 4.78 is 27.2. The van der Waals surface area contributed by atoms with Crippen molar-refractivity contribution in [2.45, 2.75) is 45.1 Å². The van der Waals surface area contributed by atoms with E-state index in [0.29, 0.717) is 17.8 Å². The third-order valence-corrected chi connectivity index (χ3v) is 7.03. The molecule has 0 saturated carbocycles. The first-order chi connectivity index (χ1) is 17.2. The lowest BCUT2D eigenvalue weighted by Gasteiger charge is -2.18. The Hall–Kier alpha value is -3.72. The normalized spacial score (nSPS) is 12.1. The lowest BCUT2D eigenvalue weighted by Crippen LogP contribution is -2.42. The smallest absolute Gasteiger partial charge is 0.271 e. The van der Waals surface area contributed by atoms with Gasteiger partial charge in [-0.1, -0.05) is 38.1 Å². The molecule has 0 spiro atoms. The summed E-state index contributed by atoms with van der Waals surface area (Å²) >= 11 is 1.38. The van der Waals surface area contributed by atoms with Crippen molar-refractivity contribution in [2.75, 3.05) is 5.73 Å². The lowest BCUT2D eigenvalue weighted by atomic mass is 9.96. The highest BCUT2D eigenvalue weighted by Crippen LogP contribution is 2.22. The van der Waals surface area contributed by atoms with Gasteiger partial charge >= 0.3 is 0 Å². The first kappa shape index (κ1) is 25.4. The summed E-state index contributed by atoms with van der Waals surface area (Å²) in [5.74, 6) is -2.07. The average Bonchev–Trinajstić information content (AvgIpc) is 3.35. The highest BCUT2D eigenvalue weighted by molar-refractivity contribution is 7.09. The summed E-state index contributed by atoms with van der Waals surface area (Å²) in [6.45, 7) is 3.96. The summed E-state index contributed by atoms with van der Waals surface area (Å²) in [4.78, 5) is 34.6. The van der Waals surface area contributed by atoms with E-state index < -0.39 is 23.6 Å². The van der Waals surface area contributed by atoms with Crippen LogP contribution in [0.25, 0.3) is 10.8 Å². The van der Waals surface area contributed by atoms with Crippen molar-refractivity contribution in [3.8, 4) is 0 Å². The van der Waals surface area contributed by atoms with Crippen LogP contribution in [0.5, 0.6) is 0 Å². The quantitative estimate of drug-likeness (QED) is 0.323. The monoisotopic (exact) mass is 508 g/mol. The fraction of sp³-hybridized carbons (Fsp3) is 0.259. The molecule has 9 heteroatoms. The van der Waals surface area contributed by atoms with Gasteiger partial charge in [-0.25, -0.2) is 18.7 Å². The average molecular weight is 509 g/mol. The summed E-state index contributed by atoms with van der Waals surface area (Å²) in [6, 6.07) is 10.1. The number of halogens is 2. The zero-order valence-corrected chi connectivity index (χ0v) is 20.7. The van der Waals surface area contributed by atoms with Crippen LogP contribution in [0.4, 0.5) is 14.6 Å². The van der Waals surface area contributed by atoms with Gasteiger partial charge in [-0.05, 0) is 47.6 Å². The van der Waals surface area contributed by atoms with Gasteiger partial charge in [-0.15, -0.1) is 11.3 Å². The molecule has 6 nitrogen and oxygen atoms in total. The number of pyridine rings is 1. The van der Waals surface area contributed by atoms with E-state index in [0.717, 1.165) is 33.5 Å². The highest BCUT2D eigenvalue weighted by atomic mass is 32.1. The van der Waals surface area contributed by atoms with Crippen molar-refractivity contribution >= 4 is 39.6 Å². The first-order valence-corrected chi connectivity index (χ1v) is 12.4. The minimum Gasteiger partial charge on any atom is -0.383 e. The number of ketones is 1. The minimum atomic E-state index is -1.00. The number of aryl methyl sites for hydroxylation is 1. The standard InChI is InChI=1S/C27H26F2N4O2S/c1-15(2)27-33-23(14-36-27)26(35)32-22(13-17-4-7-20(28)21(29)12-17)24(34)8-5-16-3-6-19-18(11-16)9-10-31-25(19)30/h3-4,6-7,9-12,14-15,22H,5,8,13H2,1-2H3,(H2,30,31)(H,32,35)/t22-/m0/s1. The zero-order chi connectivity index (χ0) is 25.8. The van der Waals surface area contributed by atoms with Crippen molar-refractivity contribution < 1.29 is 18.4 Å². The number of carbonyl (C=O) groups excluding carboxylic acids is 2. The molecule has 0 unspecified atom stereocenters. The largest absolute Gasteiger partial charge is 0.383 e. The molecule has 1 amide bonds. The zero-order valence-electron chi connectivity index (χ0n) is 19.9. The van der Waals surface area contributed by atoms with Crippen molar-refractivity contribution in [3.63, 3.8) is 0 Å². The van der Waals surface area contributed by atoms with E-state index in [9.17, 15) is 18.4 Å². The number of fused-ring (bicyclic) bond motifs is 1.